The van der Waals surface area contributed by atoms with Crippen molar-refractivity contribution in [3.63, 3.8) is 0 Å². The van der Waals surface area contributed by atoms with Crippen LogP contribution >= 0.6 is 15.9 Å². The third kappa shape index (κ3) is 4.44. The fraction of sp³-hybridized carbons (Fsp3) is 0.444. The molecule has 176 valence electrons. The van der Waals surface area contributed by atoms with Crippen molar-refractivity contribution in [2.24, 2.45) is 7.05 Å². The van der Waals surface area contributed by atoms with Crippen molar-refractivity contribution in [2.45, 2.75) is 70.8 Å². The molecule has 7 heteroatoms. The maximum absolute atomic E-state index is 13.3. The maximum Gasteiger partial charge on any atom is 0.308 e. The third-order valence-electron chi connectivity index (χ3n) is 6.71. The molecule has 2 fully saturated rings. The Kier molecular flexibility index (Phi) is 6.35. The Morgan fingerprint density at radius 3 is 2.65 bits per heavy atom. The second-order valence-corrected chi connectivity index (χ2v) is 10.1. The molecule has 0 unspecified atom stereocenters. The number of aromatic nitrogens is 3. The monoisotopic (exact) mass is 520 g/mol. The molecule has 2 aliphatic carbocycles. The minimum atomic E-state index is -0.295. The molecule has 0 saturated heterocycles. The van der Waals surface area contributed by atoms with Crippen LogP contribution in [0.15, 0.2) is 28.7 Å². The normalized spacial score (nSPS) is 16.2. The highest BCUT2D eigenvalue weighted by atomic mass is 79.9. The minimum Gasteiger partial charge on any atom is -0.472 e. The second-order valence-electron chi connectivity index (χ2n) is 9.29. The van der Waals surface area contributed by atoms with Crippen LogP contribution in [-0.4, -0.2) is 26.8 Å². The lowest BCUT2D eigenvalue weighted by molar-refractivity contribution is -0.112. The summed E-state index contributed by atoms with van der Waals surface area (Å²) >= 11 is 3.67. The number of carbonyl (C=O) groups is 1. The van der Waals surface area contributed by atoms with E-state index < -0.39 is 0 Å². The van der Waals surface area contributed by atoms with Crippen molar-refractivity contribution in [1.82, 2.24) is 14.8 Å². The molecule has 0 atom stereocenters. The number of amides is 1. The van der Waals surface area contributed by atoms with Crippen LogP contribution in [0.2, 0.25) is 0 Å². The Morgan fingerprint density at radius 1 is 1.18 bits per heavy atom. The summed E-state index contributed by atoms with van der Waals surface area (Å²) in [7, 11) is 1.90. The van der Waals surface area contributed by atoms with Gasteiger partial charge in [-0.1, -0.05) is 28.3 Å². The van der Waals surface area contributed by atoms with Crippen LogP contribution in [0.3, 0.4) is 0 Å². The van der Waals surface area contributed by atoms with E-state index in [0.29, 0.717) is 23.1 Å². The number of pyridine rings is 1. The summed E-state index contributed by atoms with van der Waals surface area (Å²) in [5.74, 6) is 6.72. The van der Waals surface area contributed by atoms with Crippen LogP contribution in [0.4, 0.5) is 11.5 Å². The predicted octanol–water partition coefficient (Wildman–Crippen LogP) is 6.32. The quantitative estimate of drug-likeness (QED) is 0.369. The molecule has 1 aromatic carbocycles. The molecule has 3 aromatic rings. The first-order chi connectivity index (χ1) is 16.5. The molecule has 2 aromatic heterocycles. The lowest BCUT2D eigenvalue weighted by atomic mass is 9.98. The van der Waals surface area contributed by atoms with E-state index in [2.05, 4.69) is 45.0 Å². The molecule has 2 aliphatic rings. The Morgan fingerprint density at radius 2 is 1.94 bits per heavy atom. The van der Waals surface area contributed by atoms with Crippen LogP contribution in [0.1, 0.15) is 68.9 Å². The van der Waals surface area contributed by atoms with Crippen molar-refractivity contribution in [3.05, 3.63) is 39.9 Å². The van der Waals surface area contributed by atoms with Gasteiger partial charge < -0.3 is 4.74 Å². The SMILES string of the molecule is CC#CC(=O)N(c1ccc2c(n1)c(OC1CCCCC1)nn2C)c1cc(C)c(Br)cc1C1CC1. The highest BCUT2D eigenvalue weighted by Gasteiger charge is 2.31. The first kappa shape index (κ1) is 22.9. The number of aryl methyl sites for hydroxylation is 2. The van der Waals surface area contributed by atoms with Gasteiger partial charge in [-0.15, -0.1) is 5.10 Å². The Hall–Kier alpha value is -2.85. The van der Waals surface area contributed by atoms with Gasteiger partial charge in [0.15, 0.2) is 5.52 Å². The Balaban J connectivity index is 1.62. The number of ether oxygens (including phenoxy) is 1. The Labute approximate surface area is 208 Å². The number of anilines is 2. The third-order valence-corrected chi connectivity index (χ3v) is 7.57. The van der Waals surface area contributed by atoms with Gasteiger partial charge in [0.05, 0.1) is 11.2 Å². The van der Waals surface area contributed by atoms with E-state index in [1.165, 1.54) is 19.3 Å². The highest BCUT2D eigenvalue weighted by Crippen LogP contribution is 2.47. The predicted molar refractivity (Wildman–Crippen MR) is 137 cm³/mol. The maximum atomic E-state index is 13.3. The van der Waals surface area contributed by atoms with Gasteiger partial charge in [-0.3, -0.25) is 14.4 Å². The first-order valence-electron chi connectivity index (χ1n) is 12.0. The smallest absolute Gasteiger partial charge is 0.308 e. The van der Waals surface area contributed by atoms with E-state index in [4.69, 9.17) is 9.72 Å². The molecule has 5 rings (SSSR count). The fourth-order valence-electron chi connectivity index (χ4n) is 4.74. The van der Waals surface area contributed by atoms with Crippen molar-refractivity contribution in [3.8, 4) is 17.7 Å². The summed E-state index contributed by atoms with van der Waals surface area (Å²) in [5, 5.41) is 4.61. The van der Waals surface area contributed by atoms with Crippen LogP contribution in [-0.2, 0) is 11.8 Å². The molecule has 2 saturated carbocycles. The molecule has 0 radical (unpaired) electrons. The molecular formula is C27H29BrN4O2. The summed E-state index contributed by atoms with van der Waals surface area (Å²) in [6, 6.07) is 8.03. The molecule has 34 heavy (non-hydrogen) atoms. The summed E-state index contributed by atoms with van der Waals surface area (Å²) in [6.07, 6.45) is 8.11. The van der Waals surface area contributed by atoms with E-state index in [-0.39, 0.29) is 12.0 Å². The van der Waals surface area contributed by atoms with Crippen LogP contribution < -0.4 is 9.64 Å². The topological polar surface area (TPSA) is 60.3 Å². The largest absolute Gasteiger partial charge is 0.472 e. The van der Waals surface area contributed by atoms with Gasteiger partial charge in [0.2, 0.25) is 0 Å². The number of halogens is 1. The van der Waals surface area contributed by atoms with Crippen LogP contribution in [0.25, 0.3) is 11.0 Å². The van der Waals surface area contributed by atoms with Gasteiger partial charge in [-0.2, -0.15) is 0 Å². The number of hydrogen-bond donors (Lipinski definition) is 0. The molecule has 2 heterocycles. The zero-order chi connectivity index (χ0) is 23.8. The van der Waals surface area contributed by atoms with E-state index in [1.807, 2.05) is 26.1 Å². The van der Waals surface area contributed by atoms with Crippen LogP contribution in [0, 0.1) is 18.8 Å². The lowest BCUT2D eigenvalue weighted by Crippen LogP contribution is -2.26. The number of benzene rings is 1. The molecular weight excluding hydrogens is 492 g/mol. The number of rotatable bonds is 5. The zero-order valence-electron chi connectivity index (χ0n) is 19.9. The summed E-state index contributed by atoms with van der Waals surface area (Å²) < 4.78 is 9.15. The van der Waals surface area contributed by atoms with Gasteiger partial charge >= 0.3 is 5.91 Å². The molecule has 6 nitrogen and oxygen atoms in total. The molecule has 0 aliphatic heterocycles. The van der Waals surface area contributed by atoms with Crippen molar-refractivity contribution >= 4 is 44.4 Å². The van der Waals surface area contributed by atoms with Gasteiger partial charge in [0, 0.05) is 11.5 Å². The fourth-order valence-corrected chi connectivity index (χ4v) is 5.10. The highest BCUT2D eigenvalue weighted by molar-refractivity contribution is 9.10. The van der Waals surface area contributed by atoms with Crippen molar-refractivity contribution in [2.75, 3.05) is 4.90 Å². The average Bonchev–Trinajstić information content (AvgIpc) is 3.62. The number of carbonyl (C=O) groups excluding carboxylic acids is 1. The Bertz CT molecular complexity index is 1310. The number of fused-ring (bicyclic) bond motifs is 1. The molecule has 1 amide bonds. The van der Waals surface area contributed by atoms with E-state index in [0.717, 1.165) is 52.5 Å². The van der Waals surface area contributed by atoms with Gasteiger partial charge in [0.1, 0.15) is 11.9 Å². The zero-order valence-corrected chi connectivity index (χ0v) is 21.5. The summed E-state index contributed by atoms with van der Waals surface area (Å²) in [5.41, 5.74) is 4.61. The average molecular weight is 521 g/mol. The van der Waals surface area contributed by atoms with E-state index >= 15 is 0 Å². The second kappa shape index (κ2) is 9.42. The van der Waals surface area contributed by atoms with Crippen LogP contribution in [0.5, 0.6) is 5.88 Å². The van der Waals surface area contributed by atoms with E-state index in [9.17, 15) is 4.79 Å². The molecule has 0 spiro atoms. The van der Waals surface area contributed by atoms with Gasteiger partial charge in [0.25, 0.3) is 5.88 Å². The lowest BCUT2D eigenvalue weighted by Gasteiger charge is -2.24. The van der Waals surface area contributed by atoms with Crippen molar-refractivity contribution < 1.29 is 9.53 Å². The summed E-state index contributed by atoms with van der Waals surface area (Å²) in [4.78, 5) is 19.9. The molecule has 0 bridgehead atoms. The van der Waals surface area contributed by atoms with Gasteiger partial charge in [-0.25, -0.2) is 4.98 Å². The van der Waals surface area contributed by atoms with E-state index in [1.54, 1.807) is 16.5 Å². The standard InChI is InChI=1S/C27H29BrN4O2/c1-4-8-25(33)32(23-15-17(2)21(28)16-20(23)18-11-12-18)24-14-13-22-26(29-24)27(30-31(22)3)34-19-9-6-5-7-10-19/h13-16,18-19H,5-7,9-12H2,1-3H3. The minimum absolute atomic E-state index is 0.164. The number of hydrogen-bond acceptors (Lipinski definition) is 4. The number of nitrogens with zero attached hydrogens (tertiary/aromatic N) is 4. The first-order valence-corrected chi connectivity index (χ1v) is 12.8. The van der Waals surface area contributed by atoms with Crippen molar-refractivity contribution in [1.29, 1.82) is 0 Å². The van der Waals surface area contributed by atoms with Gasteiger partial charge in [-0.05, 0) is 99.6 Å². The summed E-state index contributed by atoms with van der Waals surface area (Å²) in [6.45, 7) is 3.71. The molecule has 0 N–H and O–H groups in total.